The predicted octanol–water partition coefficient (Wildman–Crippen LogP) is 5.67. The number of alkyl halides is 3. The van der Waals surface area contributed by atoms with Gasteiger partial charge in [-0.15, -0.1) is 0 Å². The van der Waals surface area contributed by atoms with Gasteiger partial charge in [-0.25, -0.2) is 4.98 Å². The van der Waals surface area contributed by atoms with Gasteiger partial charge in [0.05, 0.1) is 42.2 Å². The van der Waals surface area contributed by atoms with Gasteiger partial charge in [0, 0.05) is 25.1 Å². The van der Waals surface area contributed by atoms with E-state index in [4.69, 9.17) is 16.3 Å². The first-order chi connectivity index (χ1) is 18.0. The zero-order valence-electron chi connectivity index (χ0n) is 21.2. The highest BCUT2D eigenvalue weighted by molar-refractivity contribution is 6.33. The summed E-state index contributed by atoms with van der Waals surface area (Å²) in [7, 11) is 1.58. The molecule has 1 aromatic heterocycles. The highest BCUT2D eigenvalue weighted by atomic mass is 35.5. The third-order valence-electron chi connectivity index (χ3n) is 8.27. The van der Waals surface area contributed by atoms with Crippen molar-refractivity contribution in [3.63, 3.8) is 0 Å². The van der Waals surface area contributed by atoms with Crippen molar-refractivity contribution in [2.24, 2.45) is 28.8 Å². The molecule has 1 aliphatic carbocycles. The highest BCUT2D eigenvalue weighted by Crippen LogP contribution is 2.46. The molecule has 0 amide bonds. The number of hydrazone groups is 1. The Hall–Kier alpha value is -3.01. The molecule has 2 aliphatic heterocycles. The largest absolute Gasteiger partial charge is 0.481 e. The van der Waals surface area contributed by atoms with Crippen molar-refractivity contribution < 1.29 is 27.8 Å². The van der Waals surface area contributed by atoms with Crippen molar-refractivity contribution >= 4 is 34.7 Å². The number of carboxylic acid groups (broad SMARTS) is 1. The van der Waals surface area contributed by atoms with Crippen LogP contribution in [0.2, 0.25) is 5.02 Å². The summed E-state index contributed by atoms with van der Waals surface area (Å²) >= 11 is 6.45. The van der Waals surface area contributed by atoms with Crippen LogP contribution in [-0.2, 0) is 11.2 Å². The molecule has 2 unspecified atom stereocenters. The van der Waals surface area contributed by atoms with Crippen molar-refractivity contribution in [3.05, 3.63) is 47.1 Å². The number of piperidine rings is 1. The quantitative estimate of drug-likeness (QED) is 0.479. The molecule has 2 aromatic rings. The lowest BCUT2D eigenvalue weighted by atomic mass is 9.80. The zero-order chi connectivity index (χ0) is 27.2. The van der Waals surface area contributed by atoms with Gasteiger partial charge >= 0.3 is 12.1 Å². The molecule has 4 atom stereocenters. The van der Waals surface area contributed by atoms with Gasteiger partial charge in [-0.1, -0.05) is 30.7 Å². The third-order valence-corrected chi connectivity index (χ3v) is 8.56. The molecule has 3 aliphatic rings. The van der Waals surface area contributed by atoms with Gasteiger partial charge in [-0.05, 0) is 54.7 Å². The molecular formula is C27H30ClF3N4O3. The molecule has 11 heteroatoms. The van der Waals surface area contributed by atoms with E-state index in [0.29, 0.717) is 34.3 Å². The maximum absolute atomic E-state index is 13.5. The van der Waals surface area contributed by atoms with Crippen LogP contribution in [0.5, 0.6) is 5.88 Å². The number of nitrogens with zero attached hydrogens (tertiary/aromatic N) is 4. The Morgan fingerprint density at radius 3 is 2.42 bits per heavy atom. The van der Waals surface area contributed by atoms with E-state index in [1.807, 2.05) is 18.2 Å². The number of carbonyl (C=O) groups is 1. The molecular weight excluding hydrogens is 521 g/mol. The second kappa shape index (κ2) is 10.3. The molecule has 204 valence electrons. The minimum atomic E-state index is -4.61. The zero-order valence-corrected chi connectivity index (χ0v) is 21.9. The Kier molecular flexibility index (Phi) is 7.19. The molecule has 3 heterocycles. The lowest BCUT2D eigenvalue weighted by Crippen LogP contribution is -2.42. The van der Waals surface area contributed by atoms with Gasteiger partial charge < -0.3 is 14.7 Å². The number of aliphatic carboxylic acids is 1. The van der Waals surface area contributed by atoms with E-state index in [0.717, 1.165) is 43.6 Å². The molecule has 2 fully saturated rings. The summed E-state index contributed by atoms with van der Waals surface area (Å²) in [4.78, 5) is 17.9. The van der Waals surface area contributed by atoms with Crippen molar-refractivity contribution in [1.82, 2.24) is 4.98 Å². The number of aromatic nitrogens is 1. The first kappa shape index (κ1) is 26.6. The first-order valence-electron chi connectivity index (χ1n) is 12.7. The van der Waals surface area contributed by atoms with Crippen LogP contribution in [0.3, 0.4) is 0 Å². The number of carboxylic acids is 1. The topological polar surface area (TPSA) is 78.3 Å². The normalized spacial score (nSPS) is 27.0. The maximum Gasteiger partial charge on any atom is 0.431 e. The molecule has 2 bridgehead atoms. The fraction of sp³-hybridized carbons (Fsp3) is 0.519. The van der Waals surface area contributed by atoms with Crippen LogP contribution in [0.1, 0.15) is 31.7 Å². The van der Waals surface area contributed by atoms with Gasteiger partial charge in [0.2, 0.25) is 5.88 Å². The Morgan fingerprint density at radius 1 is 1.18 bits per heavy atom. The first-order valence-corrected chi connectivity index (χ1v) is 13.1. The number of anilines is 2. The van der Waals surface area contributed by atoms with Crippen molar-refractivity contribution in [1.29, 1.82) is 0 Å². The number of methoxy groups -OCH3 is 1. The fourth-order valence-electron chi connectivity index (χ4n) is 6.37. The average molecular weight is 551 g/mol. The Morgan fingerprint density at radius 2 is 1.84 bits per heavy atom. The number of benzene rings is 1. The number of ether oxygens (including phenoxy) is 1. The van der Waals surface area contributed by atoms with E-state index in [-0.39, 0.29) is 0 Å². The van der Waals surface area contributed by atoms with Crippen LogP contribution in [0.15, 0.2) is 41.6 Å². The minimum absolute atomic E-state index is 0.429. The number of halogens is 4. The smallest absolute Gasteiger partial charge is 0.431 e. The summed E-state index contributed by atoms with van der Waals surface area (Å²) in [6.07, 6.45) is -0.258. The van der Waals surface area contributed by atoms with Crippen LogP contribution in [0, 0.1) is 23.7 Å². The fourth-order valence-corrected chi connectivity index (χ4v) is 6.59. The van der Waals surface area contributed by atoms with E-state index < -0.39 is 36.2 Å². The van der Waals surface area contributed by atoms with E-state index in [1.54, 1.807) is 25.4 Å². The third kappa shape index (κ3) is 5.15. The van der Waals surface area contributed by atoms with Gasteiger partial charge in [0.15, 0.2) is 0 Å². The second-order valence-corrected chi connectivity index (χ2v) is 10.9. The molecule has 1 saturated carbocycles. The molecule has 0 spiro atoms. The number of pyridine rings is 1. The summed E-state index contributed by atoms with van der Waals surface area (Å²) in [6.45, 7) is 3.17. The number of hydrogen-bond donors (Lipinski definition) is 1. The molecule has 5 rings (SSSR count). The maximum atomic E-state index is 13.5. The van der Waals surface area contributed by atoms with Crippen LogP contribution in [-0.4, -0.2) is 54.2 Å². The Labute approximate surface area is 224 Å². The van der Waals surface area contributed by atoms with E-state index >= 15 is 0 Å². The number of hydrogen-bond acceptors (Lipinski definition) is 6. The molecule has 38 heavy (non-hydrogen) atoms. The molecule has 0 radical (unpaired) electrons. The van der Waals surface area contributed by atoms with Crippen molar-refractivity contribution in [2.75, 3.05) is 30.1 Å². The number of rotatable bonds is 7. The SMILES string of the molecule is COc1cc(N2CC3CCC(C2)C3Cc2ccc(N3N=C(C(F)(F)F)[C@@H](C)[C@@H]3CC(=O)O)cc2)c(Cl)cn1. The Bertz CT molecular complexity index is 1210. The van der Waals surface area contributed by atoms with Crippen molar-refractivity contribution in [2.45, 2.75) is 44.8 Å². The average Bonchev–Trinajstić information content (AvgIpc) is 3.30. The number of fused-ring (bicyclic) bond motifs is 2. The predicted molar refractivity (Wildman–Crippen MR) is 139 cm³/mol. The van der Waals surface area contributed by atoms with Crippen molar-refractivity contribution in [3.8, 4) is 5.88 Å². The molecule has 1 aromatic carbocycles. The summed E-state index contributed by atoms with van der Waals surface area (Å²) in [5.41, 5.74) is 1.57. The Balaban J connectivity index is 1.29. The summed E-state index contributed by atoms with van der Waals surface area (Å²) < 4.78 is 45.7. The summed E-state index contributed by atoms with van der Waals surface area (Å²) in [6, 6.07) is 8.34. The summed E-state index contributed by atoms with van der Waals surface area (Å²) in [5.74, 6) is -0.163. The lowest BCUT2D eigenvalue weighted by Gasteiger charge is -2.40. The molecule has 1 saturated heterocycles. The van der Waals surface area contributed by atoms with E-state index in [1.165, 1.54) is 11.9 Å². The monoisotopic (exact) mass is 550 g/mol. The standard InChI is InChI=1S/C27H30ClF3N4O3/c1-15-22(11-25(36)37)35(33-26(15)27(29,30)31)19-7-3-16(4-8-19)9-20-17-5-6-18(20)14-34(13-17)23-10-24(38-2)32-12-21(23)28/h3-4,7-8,10,12,15,17-18,20,22H,5-6,9,11,13-14H2,1-2H3,(H,36,37)/t15-,17?,18?,20?,22-/m0/s1. The molecule has 7 nitrogen and oxygen atoms in total. The van der Waals surface area contributed by atoms with Crippen LogP contribution >= 0.6 is 11.6 Å². The highest BCUT2D eigenvalue weighted by Gasteiger charge is 2.49. The van der Waals surface area contributed by atoms with Gasteiger partial charge in [-0.3, -0.25) is 9.80 Å². The second-order valence-electron chi connectivity index (χ2n) is 10.5. The van der Waals surface area contributed by atoms with Crippen LogP contribution in [0.4, 0.5) is 24.5 Å². The van der Waals surface area contributed by atoms with Gasteiger partial charge in [0.25, 0.3) is 0 Å². The van der Waals surface area contributed by atoms with Gasteiger partial charge in [0.1, 0.15) is 5.71 Å². The van der Waals surface area contributed by atoms with E-state index in [2.05, 4.69) is 15.0 Å². The minimum Gasteiger partial charge on any atom is -0.481 e. The molecule has 1 N–H and O–H groups in total. The van der Waals surface area contributed by atoms with E-state index in [9.17, 15) is 23.1 Å². The summed E-state index contributed by atoms with van der Waals surface area (Å²) in [5, 5.41) is 14.9. The van der Waals surface area contributed by atoms with Crippen LogP contribution < -0.4 is 14.6 Å². The van der Waals surface area contributed by atoms with Crippen LogP contribution in [0.25, 0.3) is 0 Å². The lowest BCUT2D eigenvalue weighted by molar-refractivity contribution is -0.137. The van der Waals surface area contributed by atoms with Gasteiger partial charge in [-0.2, -0.15) is 18.3 Å².